The maximum absolute atomic E-state index is 10.8. The summed E-state index contributed by atoms with van der Waals surface area (Å²) in [4.78, 5) is 10.4. The zero-order chi connectivity index (χ0) is 19.1. The number of nitro groups is 1. The van der Waals surface area contributed by atoms with Crippen LogP contribution in [0.15, 0.2) is 48.5 Å². The number of benzene rings is 2. The molecule has 2 aromatic rings. The minimum absolute atomic E-state index is 0.0556. The highest BCUT2D eigenvalue weighted by molar-refractivity contribution is 5.34. The third-order valence-corrected chi connectivity index (χ3v) is 5.00. The van der Waals surface area contributed by atoms with Crippen molar-refractivity contribution in [3.05, 3.63) is 69.8 Å². The SMILES string of the molecule is O=[N+]([O-])c1cccc(COc2ccc(C(O)CNC3CCCCC3)cc2)c1. The molecule has 0 spiro atoms. The Morgan fingerprint density at radius 3 is 2.59 bits per heavy atom. The molecule has 0 radical (unpaired) electrons. The van der Waals surface area contributed by atoms with Crippen molar-refractivity contribution in [1.29, 1.82) is 0 Å². The average molecular weight is 370 g/mol. The molecule has 1 fully saturated rings. The van der Waals surface area contributed by atoms with Crippen LogP contribution in [0.25, 0.3) is 0 Å². The minimum Gasteiger partial charge on any atom is -0.489 e. The number of hydrogen-bond donors (Lipinski definition) is 2. The molecule has 0 saturated heterocycles. The Balaban J connectivity index is 1.49. The summed E-state index contributed by atoms with van der Waals surface area (Å²) in [6.45, 7) is 0.811. The van der Waals surface area contributed by atoms with Gasteiger partial charge >= 0.3 is 0 Å². The van der Waals surface area contributed by atoms with Crippen molar-refractivity contribution in [3.8, 4) is 5.75 Å². The fourth-order valence-corrected chi connectivity index (χ4v) is 3.42. The Labute approximate surface area is 159 Å². The van der Waals surface area contributed by atoms with Gasteiger partial charge in [0.15, 0.2) is 0 Å². The highest BCUT2D eigenvalue weighted by Crippen LogP contribution is 2.21. The van der Waals surface area contributed by atoms with Crippen LogP contribution in [0.2, 0.25) is 0 Å². The van der Waals surface area contributed by atoms with Gasteiger partial charge in [0.05, 0.1) is 11.0 Å². The van der Waals surface area contributed by atoms with Gasteiger partial charge in [-0.2, -0.15) is 0 Å². The van der Waals surface area contributed by atoms with Gasteiger partial charge in [0.1, 0.15) is 12.4 Å². The first-order chi connectivity index (χ1) is 13.1. The molecule has 1 aliphatic rings. The predicted octanol–water partition coefficient (Wildman–Crippen LogP) is 4.13. The van der Waals surface area contributed by atoms with E-state index in [9.17, 15) is 15.2 Å². The van der Waals surface area contributed by atoms with E-state index in [1.54, 1.807) is 12.1 Å². The molecule has 1 saturated carbocycles. The van der Waals surface area contributed by atoms with E-state index < -0.39 is 11.0 Å². The average Bonchev–Trinajstić information content (AvgIpc) is 2.72. The Kier molecular flexibility index (Phi) is 6.79. The highest BCUT2D eigenvalue weighted by Gasteiger charge is 2.15. The van der Waals surface area contributed by atoms with Crippen LogP contribution < -0.4 is 10.1 Å². The summed E-state index contributed by atoms with van der Waals surface area (Å²) in [5.41, 5.74) is 1.64. The normalized spacial score (nSPS) is 16.0. The second kappa shape index (κ2) is 9.48. The van der Waals surface area contributed by atoms with Crippen molar-refractivity contribution in [2.75, 3.05) is 6.54 Å². The Hall–Kier alpha value is -2.44. The Bertz CT molecular complexity index is 742. The van der Waals surface area contributed by atoms with Crippen LogP contribution in [0.5, 0.6) is 5.75 Å². The number of nitro benzene ring substituents is 1. The van der Waals surface area contributed by atoms with Gasteiger partial charge in [0.2, 0.25) is 0 Å². The summed E-state index contributed by atoms with van der Waals surface area (Å²) >= 11 is 0. The lowest BCUT2D eigenvalue weighted by Crippen LogP contribution is -2.34. The molecular formula is C21H26N2O4. The predicted molar refractivity (Wildman–Crippen MR) is 104 cm³/mol. The first-order valence-electron chi connectivity index (χ1n) is 9.49. The van der Waals surface area contributed by atoms with Gasteiger partial charge in [-0.15, -0.1) is 0 Å². The zero-order valence-electron chi connectivity index (χ0n) is 15.3. The molecule has 0 aromatic heterocycles. The molecule has 0 amide bonds. The van der Waals surface area contributed by atoms with Crippen molar-refractivity contribution in [1.82, 2.24) is 5.32 Å². The number of hydrogen-bond acceptors (Lipinski definition) is 5. The molecule has 1 aliphatic carbocycles. The Morgan fingerprint density at radius 2 is 1.89 bits per heavy atom. The van der Waals surface area contributed by atoms with Gasteiger partial charge in [-0.3, -0.25) is 10.1 Å². The van der Waals surface area contributed by atoms with E-state index in [1.807, 2.05) is 24.3 Å². The molecule has 6 heteroatoms. The molecule has 0 heterocycles. The second-order valence-electron chi connectivity index (χ2n) is 7.04. The lowest BCUT2D eigenvalue weighted by atomic mass is 9.95. The third kappa shape index (κ3) is 5.77. The standard InChI is InChI=1S/C21H26N2O4/c24-21(14-22-18-6-2-1-3-7-18)17-9-11-20(12-10-17)27-15-16-5-4-8-19(13-16)23(25)26/h4-5,8-13,18,21-22,24H,1-3,6-7,14-15H2. The number of ether oxygens (including phenoxy) is 1. The van der Waals surface area contributed by atoms with E-state index in [0.29, 0.717) is 18.3 Å². The van der Waals surface area contributed by atoms with Crippen LogP contribution in [0.4, 0.5) is 5.69 Å². The molecule has 3 rings (SSSR count). The van der Waals surface area contributed by atoms with Crippen LogP contribution in [-0.4, -0.2) is 22.6 Å². The molecular weight excluding hydrogens is 344 g/mol. The number of nitrogens with one attached hydrogen (secondary N) is 1. The Morgan fingerprint density at radius 1 is 1.15 bits per heavy atom. The van der Waals surface area contributed by atoms with Crippen molar-refractivity contribution in [3.63, 3.8) is 0 Å². The quantitative estimate of drug-likeness (QED) is 0.539. The summed E-state index contributed by atoms with van der Waals surface area (Å²) in [5, 5.41) is 24.6. The van der Waals surface area contributed by atoms with Crippen LogP contribution >= 0.6 is 0 Å². The zero-order valence-corrected chi connectivity index (χ0v) is 15.3. The molecule has 2 aromatic carbocycles. The van der Waals surface area contributed by atoms with E-state index in [1.165, 1.54) is 44.2 Å². The van der Waals surface area contributed by atoms with Crippen molar-refractivity contribution >= 4 is 5.69 Å². The molecule has 144 valence electrons. The number of rotatable bonds is 8. The fourth-order valence-electron chi connectivity index (χ4n) is 3.42. The van der Waals surface area contributed by atoms with Crippen LogP contribution in [0.3, 0.4) is 0 Å². The van der Waals surface area contributed by atoms with E-state index >= 15 is 0 Å². The van der Waals surface area contributed by atoms with E-state index in [0.717, 1.165) is 11.1 Å². The molecule has 1 atom stereocenters. The van der Waals surface area contributed by atoms with Crippen molar-refractivity contribution in [2.24, 2.45) is 0 Å². The molecule has 0 aliphatic heterocycles. The summed E-state index contributed by atoms with van der Waals surface area (Å²) in [7, 11) is 0. The molecule has 2 N–H and O–H groups in total. The smallest absolute Gasteiger partial charge is 0.269 e. The number of aliphatic hydroxyl groups is 1. The van der Waals surface area contributed by atoms with Gasteiger partial charge < -0.3 is 15.2 Å². The molecule has 6 nitrogen and oxygen atoms in total. The minimum atomic E-state index is -0.544. The van der Waals surface area contributed by atoms with Gasteiger partial charge in [-0.05, 0) is 36.1 Å². The number of aliphatic hydroxyl groups excluding tert-OH is 1. The van der Waals surface area contributed by atoms with E-state index in [-0.39, 0.29) is 12.3 Å². The van der Waals surface area contributed by atoms with Crippen molar-refractivity contribution in [2.45, 2.75) is 50.9 Å². The lowest BCUT2D eigenvalue weighted by Gasteiger charge is -2.24. The molecule has 0 bridgehead atoms. The third-order valence-electron chi connectivity index (χ3n) is 5.00. The molecule has 27 heavy (non-hydrogen) atoms. The summed E-state index contributed by atoms with van der Waals surface area (Å²) in [6.07, 6.45) is 5.69. The number of nitrogens with zero attached hydrogens (tertiary/aromatic N) is 1. The van der Waals surface area contributed by atoms with Gasteiger partial charge in [-0.25, -0.2) is 0 Å². The summed E-state index contributed by atoms with van der Waals surface area (Å²) in [6, 6.07) is 14.3. The maximum atomic E-state index is 10.8. The monoisotopic (exact) mass is 370 g/mol. The first-order valence-corrected chi connectivity index (χ1v) is 9.49. The molecule has 1 unspecified atom stereocenters. The second-order valence-corrected chi connectivity index (χ2v) is 7.04. The number of non-ortho nitro benzene ring substituents is 1. The van der Waals surface area contributed by atoms with Gasteiger partial charge in [0.25, 0.3) is 5.69 Å². The maximum Gasteiger partial charge on any atom is 0.269 e. The largest absolute Gasteiger partial charge is 0.489 e. The van der Waals surface area contributed by atoms with E-state index in [4.69, 9.17) is 4.74 Å². The highest BCUT2D eigenvalue weighted by atomic mass is 16.6. The topological polar surface area (TPSA) is 84.6 Å². The lowest BCUT2D eigenvalue weighted by molar-refractivity contribution is -0.384. The van der Waals surface area contributed by atoms with Crippen LogP contribution in [0, 0.1) is 10.1 Å². The van der Waals surface area contributed by atoms with Crippen LogP contribution in [0.1, 0.15) is 49.3 Å². The summed E-state index contributed by atoms with van der Waals surface area (Å²) < 4.78 is 5.70. The summed E-state index contributed by atoms with van der Waals surface area (Å²) in [5.74, 6) is 0.665. The van der Waals surface area contributed by atoms with E-state index in [2.05, 4.69) is 5.32 Å². The van der Waals surface area contributed by atoms with Crippen LogP contribution in [-0.2, 0) is 6.61 Å². The van der Waals surface area contributed by atoms with Crippen molar-refractivity contribution < 1.29 is 14.8 Å². The van der Waals surface area contributed by atoms with Gasteiger partial charge in [-0.1, -0.05) is 43.5 Å². The fraction of sp³-hybridized carbons (Fsp3) is 0.429. The van der Waals surface area contributed by atoms with Gasteiger partial charge in [0, 0.05) is 24.7 Å². The first kappa shape index (κ1) is 19.3.